The number of amides is 2. The lowest BCUT2D eigenvalue weighted by atomic mass is 9.92. The minimum atomic E-state index is -0.0699. The van der Waals surface area contributed by atoms with Crippen molar-refractivity contribution in [3.05, 3.63) is 17.0 Å². The highest BCUT2D eigenvalue weighted by molar-refractivity contribution is 5.94. The number of carbonyl (C=O) groups is 2. The van der Waals surface area contributed by atoms with Crippen LogP contribution in [-0.2, 0) is 22.4 Å². The normalized spacial score (nSPS) is 21.0. The number of ether oxygens (including phenoxy) is 1. The van der Waals surface area contributed by atoms with Crippen molar-refractivity contribution in [3.8, 4) is 0 Å². The maximum Gasteiger partial charge on any atom is 0.272 e. The van der Waals surface area contributed by atoms with E-state index in [1.54, 1.807) is 0 Å². The molecule has 146 valence electrons. The molecule has 0 atom stereocenters. The molecule has 27 heavy (non-hydrogen) atoms. The third kappa shape index (κ3) is 3.76. The van der Waals surface area contributed by atoms with Crippen molar-refractivity contribution in [1.29, 1.82) is 0 Å². The maximum absolute atomic E-state index is 13.1. The Morgan fingerprint density at radius 1 is 0.963 bits per heavy atom. The number of nitrogen functional groups attached to an aromatic ring is 1. The zero-order valence-electron chi connectivity index (χ0n) is 15.7. The number of carbonyl (C=O) groups excluding carboxylic acids is 2. The summed E-state index contributed by atoms with van der Waals surface area (Å²) >= 11 is 0. The number of hydrogen-bond donors (Lipinski definition) is 1. The van der Waals surface area contributed by atoms with Gasteiger partial charge < -0.3 is 20.3 Å². The van der Waals surface area contributed by atoms with Crippen molar-refractivity contribution in [2.75, 3.05) is 45.1 Å². The first kappa shape index (κ1) is 18.2. The summed E-state index contributed by atoms with van der Waals surface area (Å²) in [6, 6.07) is 0. The zero-order valence-corrected chi connectivity index (χ0v) is 15.7. The second kappa shape index (κ2) is 7.80. The average molecular weight is 373 g/mol. The third-order valence-corrected chi connectivity index (χ3v) is 5.86. The molecule has 1 aliphatic carbocycles. The van der Waals surface area contributed by atoms with Crippen LogP contribution in [0, 0.1) is 5.92 Å². The molecule has 2 amide bonds. The van der Waals surface area contributed by atoms with E-state index >= 15 is 0 Å². The number of likely N-dealkylation sites (tertiary alicyclic amines) is 1. The molecule has 8 nitrogen and oxygen atoms in total. The van der Waals surface area contributed by atoms with Crippen molar-refractivity contribution >= 4 is 17.8 Å². The predicted molar refractivity (Wildman–Crippen MR) is 99.1 cm³/mol. The monoisotopic (exact) mass is 373 g/mol. The molecule has 1 aromatic heterocycles. The van der Waals surface area contributed by atoms with Gasteiger partial charge in [0, 0.05) is 43.4 Å². The molecule has 1 aromatic rings. The lowest BCUT2D eigenvalue weighted by molar-refractivity contribution is -0.141. The molecule has 4 rings (SSSR count). The number of rotatable bonds is 2. The zero-order chi connectivity index (χ0) is 18.8. The molecule has 0 aromatic carbocycles. The first-order valence-electron chi connectivity index (χ1n) is 9.94. The molecular formula is C19H27N5O3. The van der Waals surface area contributed by atoms with Crippen LogP contribution in [-0.4, -0.2) is 71.0 Å². The fourth-order valence-corrected chi connectivity index (χ4v) is 4.31. The number of aromatic nitrogens is 2. The van der Waals surface area contributed by atoms with Gasteiger partial charge in [-0.15, -0.1) is 0 Å². The highest BCUT2D eigenvalue weighted by Crippen LogP contribution is 2.26. The lowest BCUT2D eigenvalue weighted by Crippen LogP contribution is -2.47. The highest BCUT2D eigenvalue weighted by atomic mass is 16.5. The molecule has 3 aliphatic rings. The topological polar surface area (TPSA) is 102 Å². The van der Waals surface area contributed by atoms with Crippen LogP contribution in [0.2, 0.25) is 0 Å². The fourth-order valence-electron chi connectivity index (χ4n) is 4.31. The highest BCUT2D eigenvalue weighted by Gasteiger charge is 2.33. The van der Waals surface area contributed by atoms with Crippen molar-refractivity contribution in [3.63, 3.8) is 0 Å². The summed E-state index contributed by atoms with van der Waals surface area (Å²) in [5, 5.41) is 0. The van der Waals surface area contributed by atoms with Gasteiger partial charge in [-0.1, -0.05) is 0 Å². The van der Waals surface area contributed by atoms with Gasteiger partial charge in [-0.3, -0.25) is 9.59 Å². The lowest BCUT2D eigenvalue weighted by Gasteiger charge is -2.35. The SMILES string of the molecule is Nc1nc2c(c(C(=O)N3CCC(C(=O)N4CCOCC4)CC3)n1)CCCC2. The van der Waals surface area contributed by atoms with Gasteiger partial charge in [-0.25, -0.2) is 9.97 Å². The van der Waals surface area contributed by atoms with Crippen LogP contribution >= 0.6 is 0 Å². The van der Waals surface area contributed by atoms with E-state index in [-0.39, 0.29) is 23.7 Å². The van der Waals surface area contributed by atoms with Gasteiger partial charge >= 0.3 is 0 Å². The van der Waals surface area contributed by atoms with Crippen LogP contribution in [0.4, 0.5) is 5.95 Å². The van der Waals surface area contributed by atoms with Crippen LogP contribution < -0.4 is 5.73 Å². The van der Waals surface area contributed by atoms with Crippen molar-refractivity contribution in [2.24, 2.45) is 5.92 Å². The van der Waals surface area contributed by atoms with Crippen LogP contribution in [0.3, 0.4) is 0 Å². The second-order valence-corrected chi connectivity index (χ2v) is 7.57. The van der Waals surface area contributed by atoms with Crippen LogP contribution in [0.15, 0.2) is 0 Å². The molecule has 2 aliphatic heterocycles. The van der Waals surface area contributed by atoms with E-state index in [1.807, 2.05) is 9.80 Å². The number of fused-ring (bicyclic) bond motifs is 1. The van der Waals surface area contributed by atoms with Gasteiger partial charge in [0.15, 0.2) is 0 Å². The summed E-state index contributed by atoms with van der Waals surface area (Å²) in [6.45, 7) is 3.73. The quantitative estimate of drug-likeness (QED) is 0.817. The van der Waals surface area contributed by atoms with E-state index in [4.69, 9.17) is 10.5 Å². The number of piperidine rings is 1. The standard InChI is InChI=1S/C19H27N5O3/c20-19-21-15-4-2-1-3-14(15)16(22-19)18(26)23-7-5-13(6-8-23)17(25)24-9-11-27-12-10-24/h13H,1-12H2,(H2,20,21,22). The van der Waals surface area contributed by atoms with Gasteiger partial charge in [0.25, 0.3) is 5.91 Å². The second-order valence-electron chi connectivity index (χ2n) is 7.57. The molecule has 3 heterocycles. The molecule has 2 N–H and O–H groups in total. The Morgan fingerprint density at radius 2 is 1.67 bits per heavy atom. The largest absolute Gasteiger partial charge is 0.378 e. The number of nitrogens with two attached hydrogens (primary N) is 1. The Bertz CT molecular complexity index is 724. The van der Waals surface area contributed by atoms with E-state index in [0.29, 0.717) is 57.9 Å². The summed E-state index contributed by atoms with van der Waals surface area (Å²) < 4.78 is 5.32. The molecule has 0 spiro atoms. The van der Waals surface area contributed by atoms with E-state index in [1.165, 1.54) is 0 Å². The predicted octanol–water partition coefficient (Wildman–Crippen LogP) is 0.649. The molecule has 0 unspecified atom stereocenters. The minimum Gasteiger partial charge on any atom is -0.378 e. The minimum absolute atomic E-state index is 0.00321. The number of anilines is 1. The smallest absolute Gasteiger partial charge is 0.272 e. The maximum atomic E-state index is 13.1. The molecule has 8 heteroatoms. The average Bonchev–Trinajstić information content (AvgIpc) is 2.73. The van der Waals surface area contributed by atoms with Gasteiger partial charge in [-0.2, -0.15) is 0 Å². The third-order valence-electron chi connectivity index (χ3n) is 5.86. The number of morpholine rings is 1. The summed E-state index contributed by atoms with van der Waals surface area (Å²) in [5.41, 5.74) is 8.20. The number of hydrogen-bond acceptors (Lipinski definition) is 6. The Labute approximate surface area is 159 Å². The van der Waals surface area contributed by atoms with Crippen LogP contribution in [0.25, 0.3) is 0 Å². The first-order valence-corrected chi connectivity index (χ1v) is 9.94. The Balaban J connectivity index is 1.42. The van der Waals surface area contributed by atoms with Gasteiger partial charge in [0.1, 0.15) is 5.69 Å². The summed E-state index contributed by atoms with van der Waals surface area (Å²) in [6.07, 6.45) is 5.22. The Kier molecular flexibility index (Phi) is 5.24. The summed E-state index contributed by atoms with van der Waals surface area (Å²) in [4.78, 5) is 38.1. The van der Waals surface area contributed by atoms with E-state index in [9.17, 15) is 9.59 Å². The Morgan fingerprint density at radius 3 is 2.41 bits per heavy atom. The number of nitrogens with zero attached hydrogens (tertiary/aromatic N) is 4. The van der Waals surface area contributed by atoms with Gasteiger partial charge in [0.2, 0.25) is 11.9 Å². The summed E-state index contributed by atoms with van der Waals surface area (Å²) in [5.74, 6) is 0.307. The van der Waals surface area contributed by atoms with Crippen molar-refractivity contribution in [2.45, 2.75) is 38.5 Å². The Hall–Kier alpha value is -2.22. The van der Waals surface area contributed by atoms with E-state index < -0.39 is 0 Å². The number of aryl methyl sites for hydroxylation is 1. The summed E-state index contributed by atoms with van der Waals surface area (Å²) in [7, 11) is 0. The van der Waals surface area contributed by atoms with Crippen molar-refractivity contribution in [1.82, 2.24) is 19.8 Å². The van der Waals surface area contributed by atoms with E-state index in [0.717, 1.165) is 36.9 Å². The molecule has 2 saturated heterocycles. The molecular weight excluding hydrogens is 346 g/mol. The molecule has 0 saturated carbocycles. The van der Waals surface area contributed by atoms with Crippen LogP contribution in [0.5, 0.6) is 0 Å². The molecule has 2 fully saturated rings. The van der Waals surface area contributed by atoms with Crippen LogP contribution in [0.1, 0.15) is 47.4 Å². The van der Waals surface area contributed by atoms with Gasteiger partial charge in [0.05, 0.1) is 13.2 Å². The molecule has 0 radical (unpaired) electrons. The molecule has 0 bridgehead atoms. The first-order chi connectivity index (χ1) is 13.1. The fraction of sp³-hybridized carbons (Fsp3) is 0.684. The van der Waals surface area contributed by atoms with E-state index in [2.05, 4.69) is 9.97 Å². The van der Waals surface area contributed by atoms with Crippen molar-refractivity contribution < 1.29 is 14.3 Å². The van der Waals surface area contributed by atoms with Gasteiger partial charge in [-0.05, 0) is 38.5 Å².